The van der Waals surface area contributed by atoms with E-state index in [1.54, 1.807) is 18.4 Å². The minimum absolute atomic E-state index is 0.0490. The number of thiophene rings is 1. The minimum atomic E-state index is -0.323. The number of amides is 1. The summed E-state index contributed by atoms with van der Waals surface area (Å²) >= 11 is 1.70. The van der Waals surface area contributed by atoms with Crippen LogP contribution in [0.2, 0.25) is 0 Å². The van der Waals surface area contributed by atoms with Crippen molar-refractivity contribution in [3.05, 3.63) is 21.4 Å². The number of carbonyl (C=O) groups is 1. The molecule has 98 valence electrons. The summed E-state index contributed by atoms with van der Waals surface area (Å²) in [5.74, 6) is 0.484. The Balaban J connectivity index is 2.10. The molecule has 0 aromatic carbocycles. The number of aliphatic imine (C=N–C) groups is 1. The van der Waals surface area contributed by atoms with Crippen molar-refractivity contribution in [3.63, 3.8) is 0 Å². The molecule has 0 spiro atoms. The summed E-state index contributed by atoms with van der Waals surface area (Å²) in [6.45, 7) is 5.15. The van der Waals surface area contributed by atoms with Crippen molar-refractivity contribution >= 4 is 23.2 Å². The Labute approximate surface area is 110 Å². The van der Waals surface area contributed by atoms with Crippen LogP contribution in [0.15, 0.2) is 11.1 Å². The van der Waals surface area contributed by atoms with Crippen molar-refractivity contribution in [2.24, 2.45) is 4.99 Å². The molecule has 0 radical (unpaired) electrons. The Morgan fingerprint density at radius 3 is 2.89 bits per heavy atom. The molecular formula is C12H17N3O2S. The summed E-state index contributed by atoms with van der Waals surface area (Å²) < 4.78 is 4.92. The third-order valence-corrected chi connectivity index (χ3v) is 3.72. The number of hydrogen-bond donors (Lipinski definition) is 2. The van der Waals surface area contributed by atoms with Crippen LogP contribution in [0.4, 0.5) is 0 Å². The zero-order valence-electron chi connectivity index (χ0n) is 10.7. The summed E-state index contributed by atoms with van der Waals surface area (Å²) in [6.07, 6.45) is 0. The van der Waals surface area contributed by atoms with Crippen molar-refractivity contribution in [1.82, 2.24) is 10.6 Å². The third-order valence-electron chi connectivity index (χ3n) is 2.74. The first kappa shape index (κ1) is 13.0. The maximum absolute atomic E-state index is 11.9. The van der Waals surface area contributed by atoms with Gasteiger partial charge in [0.25, 0.3) is 5.91 Å². The summed E-state index contributed by atoms with van der Waals surface area (Å²) in [7, 11) is 1.63. The Kier molecular flexibility index (Phi) is 3.98. The van der Waals surface area contributed by atoms with Gasteiger partial charge in [-0.2, -0.15) is 0 Å². The van der Waals surface area contributed by atoms with Crippen LogP contribution in [0, 0.1) is 13.8 Å². The number of guanidine groups is 1. The summed E-state index contributed by atoms with van der Waals surface area (Å²) in [5.41, 5.74) is 1.03. The van der Waals surface area contributed by atoms with E-state index in [0.717, 1.165) is 5.56 Å². The quantitative estimate of drug-likeness (QED) is 0.804. The van der Waals surface area contributed by atoms with E-state index in [2.05, 4.69) is 21.7 Å². The maximum Gasteiger partial charge on any atom is 0.253 e. The molecule has 6 heteroatoms. The van der Waals surface area contributed by atoms with Crippen LogP contribution in [-0.4, -0.2) is 32.1 Å². The lowest BCUT2D eigenvalue weighted by molar-refractivity contribution is -0.120. The van der Waals surface area contributed by atoms with Crippen molar-refractivity contribution in [3.8, 4) is 0 Å². The standard InChI is InChI=1S/C12H17N3O2S/c1-7-6-9(8(2)18-7)10-11(16)15-12(14-10)13-4-5-17-3/h6,10H,4-5H2,1-3H3,(H2,13,14,15,16). The largest absolute Gasteiger partial charge is 0.383 e. The monoisotopic (exact) mass is 267 g/mol. The molecule has 1 fully saturated rings. The molecule has 2 rings (SSSR count). The van der Waals surface area contributed by atoms with Gasteiger partial charge < -0.3 is 10.1 Å². The first-order chi connectivity index (χ1) is 8.61. The number of aryl methyl sites for hydroxylation is 2. The van der Waals surface area contributed by atoms with E-state index in [1.807, 2.05) is 13.8 Å². The normalized spacial score (nSPS) is 21.2. The molecule has 1 aliphatic rings. The highest BCUT2D eigenvalue weighted by Gasteiger charge is 2.31. The molecule has 1 aromatic heterocycles. The lowest BCUT2D eigenvalue weighted by atomic mass is 10.1. The highest BCUT2D eigenvalue weighted by molar-refractivity contribution is 7.12. The average molecular weight is 267 g/mol. The van der Waals surface area contributed by atoms with Gasteiger partial charge in [-0.15, -0.1) is 11.3 Å². The van der Waals surface area contributed by atoms with Gasteiger partial charge in [-0.3, -0.25) is 15.1 Å². The van der Waals surface area contributed by atoms with Crippen LogP contribution < -0.4 is 10.6 Å². The topological polar surface area (TPSA) is 62.7 Å². The Morgan fingerprint density at radius 2 is 2.28 bits per heavy atom. The predicted molar refractivity (Wildman–Crippen MR) is 72.0 cm³/mol. The zero-order chi connectivity index (χ0) is 13.1. The molecule has 1 aliphatic heterocycles. The third kappa shape index (κ3) is 2.70. The van der Waals surface area contributed by atoms with Gasteiger partial charge >= 0.3 is 0 Å². The number of methoxy groups -OCH3 is 1. The molecule has 1 atom stereocenters. The number of rotatable bonds is 4. The molecular weight excluding hydrogens is 250 g/mol. The molecule has 1 saturated heterocycles. The van der Waals surface area contributed by atoms with E-state index in [9.17, 15) is 4.79 Å². The SMILES string of the molecule is COCCN=C1NC(=O)C(c2cc(C)sc2C)N1. The number of carbonyl (C=O) groups excluding carboxylic acids is 1. The van der Waals surface area contributed by atoms with Gasteiger partial charge in [0.1, 0.15) is 6.04 Å². The van der Waals surface area contributed by atoms with E-state index < -0.39 is 0 Å². The molecule has 5 nitrogen and oxygen atoms in total. The second kappa shape index (κ2) is 5.49. The highest BCUT2D eigenvalue weighted by atomic mass is 32.1. The van der Waals surface area contributed by atoms with Crippen molar-refractivity contribution in [1.29, 1.82) is 0 Å². The summed E-state index contributed by atoms with van der Waals surface area (Å²) in [6, 6.07) is 1.73. The molecule has 18 heavy (non-hydrogen) atoms. The summed E-state index contributed by atoms with van der Waals surface area (Å²) in [5, 5.41) is 5.86. The van der Waals surface area contributed by atoms with Crippen LogP contribution in [0.5, 0.6) is 0 Å². The molecule has 1 unspecified atom stereocenters. The fraction of sp³-hybridized carbons (Fsp3) is 0.500. The van der Waals surface area contributed by atoms with E-state index in [0.29, 0.717) is 19.1 Å². The molecule has 0 saturated carbocycles. The van der Waals surface area contributed by atoms with Gasteiger partial charge in [0, 0.05) is 16.9 Å². The molecule has 0 bridgehead atoms. The average Bonchev–Trinajstić information content (AvgIpc) is 2.82. The number of nitrogens with one attached hydrogen (secondary N) is 2. The van der Waals surface area contributed by atoms with Crippen molar-refractivity contribution < 1.29 is 9.53 Å². The number of hydrogen-bond acceptors (Lipinski definition) is 4. The van der Waals surface area contributed by atoms with Gasteiger partial charge in [-0.05, 0) is 25.5 Å². The molecule has 1 amide bonds. The van der Waals surface area contributed by atoms with Gasteiger partial charge in [0.05, 0.1) is 13.2 Å². The van der Waals surface area contributed by atoms with Crippen LogP contribution in [0.1, 0.15) is 21.4 Å². The smallest absolute Gasteiger partial charge is 0.253 e. The zero-order valence-corrected chi connectivity index (χ0v) is 11.6. The molecule has 2 heterocycles. The molecule has 2 N–H and O–H groups in total. The van der Waals surface area contributed by atoms with Crippen molar-refractivity contribution in [2.45, 2.75) is 19.9 Å². The van der Waals surface area contributed by atoms with Gasteiger partial charge in [-0.1, -0.05) is 0 Å². The van der Waals surface area contributed by atoms with Gasteiger partial charge in [0.2, 0.25) is 0 Å². The highest BCUT2D eigenvalue weighted by Crippen LogP contribution is 2.27. The van der Waals surface area contributed by atoms with Crippen LogP contribution in [0.3, 0.4) is 0 Å². The summed E-state index contributed by atoms with van der Waals surface area (Å²) in [4.78, 5) is 18.5. The molecule has 1 aromatic rings. The minimum Gasteiger partial charge on any atom is -0.383 e. The van der Waals surface area contributed by atoms with E-state index in [4.69, 9.17) is 4.74 Å². The van der Waals surface area contributed by atoms with Crippen molar-refractivity contribution in [2.75, 3.05) is 20.3 Å². The van der Waals surface area contributed by atoms with Gasteiger partial charge in [-0.25, -0.2) is 0 Å². The van der Waals surface area contributed by atoms with Crippen LogP contribution in [-0.2, 0) is 9.53 Å². The Morgan fingerprint density at radius 1 is 1.50 bits per heavy atom. The molecule has 0 aliphatic carbocycles. The van der Waals surface area contributed by atoms with E-state index >= 15 is 0 Å². The Bertz CT molecular complexity index is 482. The predicted octanol–water partition coefficient (Wildman–Crippen LogP) is 1.13. The fourth-order valence-corrected chi connectivity index (χ4v) is 2.88. The van der Waals surface area contributed by atoms with Crippen LogP contribution >= 0.6 is 11.3 Å². The lowest BCUT2D eigenvalue weighted by Gasteiger charge is -2.06. The second-order valence-electron chi connectivity index (χ2n) is 4.16. The van der Waals surface area contributed by atoms with E-state index in [1.165, 1.54) is 9.75 Å². The number of ether oxygens (including phenoxy) is 1. The van der Waals surface area contributed by atoms with Crippen LogP contribution in [0.25, 0.3) is 0 Å². The lowest BCUT2D eigenvalue weighted by Crippen LogP contribution is -2.26. The second-order valence-corrected chi connectivity index (χ2v) is 5.62. The fourth-order valence-electron chi connectivity index (χ4n) is 1.92. The first-order valence-electron chi connectivity index (χ1n) is 5.79. The first-order valence-corrected chi connectivity index (χ1v) is 6.61. The Hall–Kier alpha value is -1.40. The van der Waals surface area contributed by atoms with Gasteiger partial charge in [0.15, 0.2) is 5.96 Å². The maximum atomic E-state index is 11.9. The number of nitrogens with zero attached hydrogens (tertiary/aromatic N) is 1. The van der Waals surface area contributed by atoms with E-state index in [-0.39, 0.29) is 11.9 Å².